The maximum atomic E-state index is 12.7. The molecular formula is C21H25NO4. The minimum atomic E-state index is 0.123. The second-order valence-corrected chi connectivity index (χ2v) is 6.27. The first-order valence-electron chi connectivity index (χ1n) is 8.92. The molecular weight excluding hydrogens is 330 g/mol. The van der Waals surface area contributed by atoms with Crippen molar-refractivity contribution in [2.45, 2.75) is 25.3 Å². The van der Waals surface area contributed by atoms with Crippen LogP contribution in [0.3, 0.4) is 0 Å². The maximum Gasteiger partial charge on any atom is 0.226 e. The zero-order valence-corrected chi connectivity index (χ0v) is 15.3. The monoisotopic (exact) mass is 355 g/mol. The predicted molar refractivity (Wildman–Crippen MR) is 99.8 cm³/mol. The second-order valence-electron chi connectivity index (χ2n) is 6.27. The zero-order chi connectivity index (χ0) is 18.4. The molecule has 138 valence electrons. The van der Waals surface area contributed by atoms with E-state index in [0.717, 1.165) is 30.7 Å². The third-order valence-electron chi connectivity index (χ3n) is 4.72. The van der Waals surface area contributed by atoms with E-state index in [1.54, 1.807) is 14.2 Å². The van der Waals surface area contributed by atoms with Crippen molar-refractivity contribution in [1.82, 2.24) is 4.90 Å². The molecule has 5 heteroatoms. The lowest BCUT2D eigenvalue weighted by atomic mass is 10.0. The van der Waals surface area contributed by atoms with Crippen molar-refractivity contribution in [2.75, 3.05) is 27.4 Å². The summed E-state index contributed by atoms with van der Waals surface area (Å²) in [4.78, 5) is 14.7. The van der Waals surface area contributed by atoms with Gasteiger partial charge in [-0.1, -0.05) is 24.3 Å². The van der Waals surface area contributed by atoms with Gasteiger partial charge in [0.05, 0.1) is 33.3 Å². The Bertz CT molecular complexity index is 729. The highest BCUT2D eigenvalue weighted by atomic mass is 16.5. The number of nitrogens with zero attached hydrogens (tertiary/aromatic N) is 1. The number of hydrogen-bond acceptors (Lipinski definition) is 4. The Balaban J connectivity index is 1.58. The van der Waals surface area contributed by atoms with Gasteiger partial charge in [0, 0.05) is 6.54 Å². The molecule has 0 spiro atoms. The quantitative estimate of drug-likeness (QED) is 0.757. The van der Waals surface area contributed by atoms with Gasteiger partial charge < -0.3 is 19.1 Å². The Morgan fingerprint density at radius 1 is 1.04 bits per heavy atom. The molecule has 5 nitrogen and oxygen atoms in total. The number of amides is 1. The molecule has 0 aliphatic carbocycles. The number of carbonyl (C=O) groups excluding carboxylic acids is 1. The van der Waals surface area contributed by atoms with E-state index in [0.29, 0.717) is 24.5 Å². The van der Waals surface area contributed by atoms with Gasteiger partial charge in [-0.2, -0.15) is 0 Å². The van der Waals surface area contributed by atoms with Gasteiger partial charge in [-0.3, -0.25) is 4.79 Å². The second kappa shape index (κ2) is 8.61. The summed E-state index contributed by atoms with van der Waals surface area (Å²) in [5.74, 6) is 2.29. The topological polar surface area (TPSA) is 48.0 Å². The lowest BCUT2D eigenvalue weighted by Crippen LogP contribution is -2.31. The summed E-state index contributed by atoms with van der Waals surface area (Å²) in [7, 11) is 3.26. The molecule has 1 saturated heterocycles. The molecule has 1 aliphatic rings. The molecule has 0 radical (unpaired) electrons. The van der Waals surface area contributed by atoms with E-state index in [9.17, 15) is 4.79 Å². The first kappa shape index (κ1) is 18.1. The highest BCUT2D eigenvalue weighted by Crippen LogP contribution is 2.33. The van der Waals surface area contributed by atoms with Crippen LogP contribution in [0, 0.1) is 0 Å². The van der Waals surface area contributed by atoms with Gasteiger partial charge in [0.25, 0.3) is 0 Å². The Morgan fingerprint density at radius 3 is 2.46 bits per heavy atom. The van der Waals surface area contributed by atoms with Crippen LogP contribution in [-0.2, 0) is 4.79 Å². The van der Waals surface area contributed by atoms with E-state index in [4.69, 9.17) is 14.2 Å². The van der Waals surface area contributed by atoms with Gasteiger partial charge in [-0.15, -0.1) is 0 Å². The third-order valence-corrected chi connectivity index (χ3v) is 4.72. The fourth-order valence-corrected chi connectivity index (χ4v) is 3.37. The molecule has 0 N–H and O–H groups in total. The normalized spacial score (nSPS) is 16.4. The number of ether oxygens (including phenoxy) is 3. The third kappa shape index (κ3) is 4.10. The molecule has 26 heavy (non-hydrogen) atoms. The van der Waals surface area contributed by atoms with Gasteiger partial charge >= 0.3 is 0 Å². The minimum absolute atomic E-state index is 0.123. The van der Waals surface area contributed by atoms with Crippen LogP contribution < -0.4 is 14.2 Å². The molecule has 1 aliphatic heterocycles. The molecule has 2 aromatic rings. The van der Waals surface area contributed by atoms with Crippen LogP contribution >= 0.6 is 0 Å². The van der Waals surface area contributed by atoms with Crippen molar-refractivity contribution in [3.8, 4) is 17.2 Å². The van der Waals surface area contributed by atoms with Gasteiger partial charge in [0.2, 0.25) is 5.91 Å². The summed E-state index contributed by atoms with van der Waals surface area (Å²) in [5.41, 5.74) is 1.15. The molecule has 1 amide bonds. The van der Waals surface area contributed by atoms with Gasteiger partial charge in [0.1, 0.15) is 5.75 Å². The molecule has 0 saturated carbocycles. The molecule has 0 aromatic heterocycles. The molecule has 1 heterocycles. The molecule has 1 atom stereocenters. The molecule has 0 bridgehead atoms. The molecule has 0 unspecified atom stereocenters. The minimum Gasteiger partial charge on any atom is -0.497 e. The standard InChI is InChI=1S/C21H25NO4/c1-24-17-11-9-16(10-12-17)18-6-5-14-22(18)21(23)13-15-26-20-8-4-3-7-19(20)25-2/h3-4,7-12,18H,5-6,13-15H2,1-2H3/t18-/m0/s1. The highest BCUT2D eigenvalue weighted by molar-refractivity contribution is 5.77. The Hall–Kier alpha value is -2.69. The summed E-state index contributed by atoms with van der Waals surface area (Å²) < 4.78 is 16.2. The highest BCUT2D eigenvalue weighted by Gasteiger charge is 2.29. The molecule has 1 fully saturated rings. The Labute approximate surface area is 154 Å². The number of benzene rings is 2. The Kier molecular flexibility index (Phi) is 6.00. The van der Waals surface area contributed by atoms with Crippen LogP contribution in [-0.4, -0.2) is 38.2 Å². The van der Waals surface area contributed by atoms with E-state index in [1.165, 1.54) is 0 Å². The number of methoxy groups -OCH3 is 2. The van der Waals surface area contributed by atoms with Crippen LogP contribution in [0.2, 0.25) is 0 Å². The van der Waals surface area contributed by atoms with Crippen LogP contribution in [0.4, 0.5) is 0 Å². The summed E-state index contributed by atoms with van der Waals surface area (Å²) in [6, 6.07) is 15.6. The average Bonchev–Trinajstić information content (AvgIpc) is 3.18. The summed E-state index contributed by atoms with van der Waals surface area (Å²) in [6.45, 7) is 1.13. The maximum absolute atomic E-state index is 12.7. The molecule has 2 aromatic carbocycles. The van der Waals surface area contributed by atoms with Gasteiger partial charge in [-0.25, -0.2) is 0 Å². The van der Waals surface area contributed by atoms with Crippen molar-refractivity contribution in [1.29, 1.82) is 0 Å². The van der Waals surface area contributed by atoms with E-state index >= 15 is 0 Å². The number of hydrogen-bond donors (Lipinski definition) is 0. The number of carbonyl (C=O) groups is 1. The first-order valence-corrected chi connectivity index (χ1v) is 8.92. The largest absolute Gasteiger partial charge is 0.497 e. The number of likely N-dealkylation sites (tertiary alicyclic amines) is 1. The van der Waals surface area contributed by atoms with E-state index in [-0.39, 0.29) is 11.9 Å². The number of rotatable bonds is 7. The van der Waals surface area contributed by atoms with Crippen molar-refractivity contribution in [3.05, 3.63) is 54.1 Å². The van der Waals surface area contributed by atoms with Gasteiger partial charge in [-0.05, 0) is 42.7 Å². The van der Waals surface area contributed by atoms with Crippen LogP contribution in [0.15, 0.2) is 48.5 Å². The summed E-state index contributed by atoms with van der Waals surface area (Å²) in [5, 5.41) is 0. The van der Waals surface area contributed by atoms with Crippen molar-refractivity contribution in [3.63, 3.8) is 0 Å². The Morgan fingerprint density at radius 2 is 1.77 bits per heavy atom. The number of para-hydroxylation sites is 2. The van der Waals surface area contributed by atoms with Crippen LogP contribution in [0.1, 0.15) is 30.9 Å². The summed E-state index contributed by atoms with van der Waals surface area (Å²) in [6.07, 6.45) is 2.37. The van der Waals surface area contributed by atoms with Crippen LogP contribution in [0.5, 0.6) is 17.2 Å². The molecule has 3 rings (SSSR count). The zero-order valence-electron chi connectivity index (χ0n) is 15.3. The SMILES string of the molecule is COc1ccc([C@@H]2CCCN2C(=O)CCOc2ccccc2OC)cc1. The van der Waals surface area contributed by atoms with Crippen LogP contribution in [0.25, 0.3) is 0 Å². The van der Waals surface area contributed by atoms with Crippen molar-refractivity contribution < 1.29 is 19.0 Å². The summed E-state index contributed by atoms with van der Waals surface area (Å²) >= 11 is 0. The van der Waals surface area contributed by atoms with E-state index < -0.39 is 0 Å². The van der Waals surface area contributed by atoms with Gasteiger partial charge in [0.15, 0.2) is 11.5 Å². The average molecular weight is 355 g/mol. The first-order chi connectivity index (χ1) is 12.7. The van der Waals surface area contributed by atoms with E-state index in [2.05, 4.69) is 0 Å². The lowest BCUT2D eigenvalue weighted by Gasteiger charge is -2.25. The predicted octanol–water partition coefficient (Wildman–Crippen LogP) is 3.84. The fourth-order valence-electron chi connectivity index (χ4n) is 3.37. The smallest absolute Gasteiger partial charge is 0.226 e. The lowest BCUT2D eigenvalue weighted by molar-refractivity contribution is -0.132. The fraction of sp³-hybridized carbons (Fsp3) is 0.381. The van der Waals surface area contributed by atoms with E-state index in [1.807, 2.05) is 53.4 Å². The van der Waals surface area contributed by atoms with Crippen molar-refractivity contribution in [2.24, 2.45) is 0 Å². The van der Waals surface area contributed by atoms with Crippen molar-refractivity contribution >= 4 is 5.91 Å².